The molecule has 1 fully saturated rings. The van der Waals surface area contributed by atoms with Crippen molar-refractivity contribution in [3.05, 3.63) is 198 Å². The lowest BCUT2D eigenvalue weighted by Gasteiger charge is -2.51. The van der Waals surface area contributed by atoms with Gasteiger partial charge in [-0.3, -0.25) is 0 Å². The SMILES string of the molecule is Cc1cc2c3c(c1)N(c1cccc4c1oc1ccccc14)c1cc(N4c5cc(C)cc(C)c5C5(C)CCCCC45C)ccc1B3c1cc(-c3ccccc3)ccc1N2c1ccc2c(c1)oc1ccccc12. The molecule has 3 aliphatic heterocycles. The molecule has 2 atom stereocenters. The van der Waals surface area contributed by atoms with Gasteiger partial charge in [0.2, 0.25) is 0 Å². The second-order valence-corrected chi connectivity index (χ2v) is 21.4. The monoisotopic (exact) mass is 917 g/mol. The molecule has 6 heteroatoms. The highest BCUT2D eigenvalue weighted by molar-refractivity contribution is 7.00. The number of fused-ring (bicyclic) bond motifs is 13. The number of nitrogens with zero attached hydrogens (tertiary/aromatic N) is 3. The van der Waals surface area contributed by atoms with Crippen LogP contribution in [0.15, 0.2) is 185 Å². The third-order valence-corrected chi connectivity index (χ3v) is 17.3. The van der Waals surface area contributed by atoms with Crippen LogP contribution in [0.2, 0.25) is 0 Å². The summed E-state index contributed by atoms with van der Waals surface area (Å²) < 4.78 is 13.6. The van der Waals surface area contributed by atoms with Crippen molar-refractivity contribution in [1.82, 2.24) is 0 Å². The minimum Gasteiger partial charge on any atom is -0.456 e. The molecular formula is C65H52BN3O2. The van der Waals surface area contributed by atoms with Gasteiger partial charge in [-0.1, -0.05) is 123 Å². The third-order valence-electron chi connectivity index (χ3n) is 17.3. The fourth-order valence-corrected chi connectivity index (χ4v) is 14.1. The van der Waals surface area contributed by atoms with Gasteiger partial charge in [-0.2, -0.15) is 0 Å². The summed E-state index contributed by atoms with van der Waals surface area (Å²) in [6.45, 7) is 11.9. The zero-order valence-electron chi connectivity index (χ0n) is 40.8. The number of furan rings is 2. The highest BCUT2D eigenvalue weighted by atomic mass is 16.3. The second-order valence-electron chi connectivity index (χ2n) is 21.4. The van der Waals surface area contributed by atoms with E-state index in [9.17, 15) is 0 Å². The molecule has 1 aliphatic carbocycles. The summed E-state index contributed by atoms with van der Waals surface area (Å²) >= 11 is 0. The van der Waals surface area contributed by atoms with E-state index in [1.807, 2.05) is 6.07 Å². The minimum atomic E-state index is -0.107. The summed E-state index contributed by atoms with van der Waals surface area (Å²) in [6, 6.07) is 65.5. The summed E-state index contributed by atoms with van der Waals surface area (Å²) in [7, 11) is 0. The van der Waals surface area contributed by atoms with E-state index in [0.717, 1.165) is 67.4 Å². The van der Waals surface area contributed by atoms with E-state index in [0.29, 0.717) is 0 Å². The maximum absolute atomic E-state index is 7.00. The lowest BCUT2D eigenvalue weighted by atomic mass is 9.33. The Morgan fingerprint density at radius 3 is 1.96 bits per heavy atom. The van der Waals surface area contributed by atoms with Gasteiger partial charge >= 0.3 is 0 Å². The molecular weight excluding hydrogens is 866 g/mol. The van der Waals surface area contributed by atoms with E-state index in [1.165, 1.54) is 97.5 Å². The Morgan fingerprint density at radius 2 is 1.13 bits per heavy atom. The molecule has 71 heavy (non-hydrogen) atoms. The lowest BCUT2D eigenvalue weighted by molar-refractivity contribution is 0.194. The molecule has 0 N–H and O–H groups in total. The number of hydrogen-bond donors (Lipinski definition) is 0. The highest BCUT2D eigenvalue weighted by Gasteiger charge is 2.58. The normalized spacial score (nSPS) is 18.8. The number of benzene rings is 9. The van der Waals surface area contributed by atoms with Gasteiger partial charge in [0.25, 0.3) is 6.71 Å². The first-order valence-electron chi connectivity index (χ1n) is 25.5. The number of aryl methyl sites for hydroxylation is 3. The highest BCUT2D eigenvalue weighted by Crippen LogP contribution is 2.62. The summed E-state index contributed by atoms with van der Waals surface area (Å²) in [4.78, 5) is 7.81. The Hall–Kier alpha value is -7.96. The lowest BCUT2D eigenvalue weighted by Crippen LogP contribution is -2.61. The van der Waals surface area contributed by atoms with Crippen LogP contribution in [0.4, 0.5) is 45.5 Å². The van der Waals surface area contributed by atoms with E-state index in [-0.39, 0.29) is 17.7 Å². The largest absolute Gasteiger partial charge is 0.456 e. The van der Waals surface area contributed by atoms with E-state index in [1.54, 1.807) is 0 Å². The maximum atomic E-state index is 7.00. The molecule has 5 heterocycles. The van der Waals surface area contributed by atoms with Crippen molar-refractivity contribution in [2.75, 3.05) is 14.7 Å². The van der Waals surface area contributed by atoms with Crippen molar-refractivity contribution in [3.63, 3.8) is 0 Å². The predicted molar refractivity (Wildman–Crippen MR) is 297 cm³/mol. The average molecular weight is 918 g/mol. The predicted octanol–water partition coefficient (Wildman–Crippen LogP) is 15.9. The van der Waals surface area contributed by atoms with Crippen LogP contribution in [-0.4, -0.2) is 12.3 Å². The molecule has 0 spiro atoms. The van der Waals surface area contributed by atoms with Crippen molar-refractivity contribution in [2.24, 2.45) is 0 Å². The van der Waals surface area contributed by atoms with Crippen LogP contribution in [0.5, 0.6) is 0 Å². The fourth-order valence-electron chi connectivity index (χ4n) is 14.1. The third kappa shape index (κ3) is 5.53. The maximum Gasteiger partial charge on any atom is 0.252 e. The first kappa shape index (κ1) is 40.9. The van der Waals surface area contributed by atoms with Gasteiger partial charge in [0.05, 0.1) is 11.2 Å². The standard InChI is InChI=1S/C65H52BN3O2/c1-39-32-41(3)61-55(33-39)69(65(5)31-14-13-30-64(61,65)4)45-26-28-50-54(37-45)68(53-21-15-20-49-47-19-10-12-23-59(47)71-63(49)53)57-35-40(2)34-56-62(57)66(50)51-36-43(42-16-7-6-8-17-42)24-29-52(51)67(56)44-25-27-48-46-18-9-11-22-58(46)70-60(48)38-44/h6-12,15-29,32-38H,13-14,30-31H2,1-5H3. The summed E-state index contributed by atoms with van der Waals surface area (Å²) in [5.74, 6) is 0. The number of para-hydroxylation sites is 3. The van der Waals surface area contributed by atoms with Crippen molar-refractivity contribution in [3.8, 4) is 11.1 Å². The fraction of sp³-hybridized carbons (Fsp3) is 0.169. The van der Waals surface area contributed by atoms with Crippen molar-refractivity contribution < 1.29 is 8.83 Å². The van der Waals surface area contributed by atoms with Crippen LogP contribution < -0.4 is 31.1 Å². The molecule has 9 aromatic carbocycles. The van der Waals surface area contributed by atoms with Crippen LogP contribution in [0, 0.1) is 20.8 Å². The molecule has 4 aliphatic rings. The van der Waals surface area contributed by atoms with Crippen LogP contribution in [-0.2, 0) is 5.41 Å². The van der Waals surface area contributed by atoms with Gasteiger partial charge in [-0.25, -0.2) is 0 Å². The van der Waals surface area contributed by atoms with Crippen LogP contribution in [0.3, 0.4) is 0 Å². The smallest absolute Gasteiger partial charge is 0.252 e. The van der Waals surface area contributed by atoms with Gasteiger partial charge in [-0.05, 0) is 157 Å². The Morgan fingerprint density at radius 1 is 0.451 bits per heavy atom. The van der Waals surface area contributed by atoms with Crippen molar-refractivity contribution in [2.45, 2.75) is 71.3 Å². The van der Waals surface area contributed by atoms with Gasteiger partial charge in [0.15, 0.2) is 5.58 Å². The van der Waals surface area contributed by atoms with E-state index < -0.39 is 0 Å². The van der Waals surface area contributed by atoms with Crippen LogP contribution in [0.1, 0.15) is 61.8 Å². The van der Waals surface area contributed by atoms with Gasteiger partial charge in [0, 0.05) is 72.8 Å². The van der Waals surface area contributed by atoms with Gasteiger partial charge in [0.1, 0.15) is 16.7 Å². The van der Waals surface area contributed by atoms with Gasteiger partial charge < -0.3 is 23.5 Å². The number of anilines is 8. The summed E-state index contributed by atoms with van der Waals surface area (Å²) in [6.07, 6.45) is 4.78. The first-order valence-corrected chi connectivity index (χ1v) is 25.5. The topological polar surface area (TPSA) is 36.0 Å². The molecule has 0 bridgehead atoms. The molecule has 0 amide bonds. The molecule has 5 nitrogen and oxygen atoms in total. The Balaban J connectivity index is 1.03. The molecule has 1 saturated carbocycles. The van der Waals surface area contributed by atoms with Crippen LogP contribution in [0.25, 0.3) is 55.0 Å². The molecule has 342 valence electrons. The molecule has 15 rings (SSSR count). The quantitative estimate of drug-likeness (QED) is 0.164. The van der Waals surface area contributed by atoms with E-state index in [4.69, 9.17) is 8.83 Å². The Labute approximate surface area is 414 Å². The first-order chi connectivity index (χ1) is 34.7. The minimum absolute atomic E-state index is 0.0113. The van der Waals surface area contributed by atoms with Crippen LogP contribution >= 0.6 is 0 Å². The summed E-state index contributed by atoms with van der Waals surface area (Å²) in [5, 5.41) is 4.49. The molecule has 2 aromatic heterocycles. The van der Waals surface area contributed by atoms with E-state index in [2.05, 4.69) is 219 Å². The average Bonchev–Trinajstić information content (AvgIpc) is 4.02. The Kier molecular flexibility index (Phi) is 8.38. The summed E-state index contributed by atoms with van der Waals surface area (Å²) in [5.41, 5.74) is 24.5. The molecule has 0 saturated heterocycles. The zero-order chi connectivity index (χ0) is 47.5. The van der Waals surface area contributed by atoms with Gasteiger partial charge in [-0.15, -0.1) is 0 Å². The number of rotatable bonds is 4. The van der Waals surface area contributed by atoms with Crippen molar-refractivity contribution in [1.29, 1.82) is 0 Å². The zero-order valence-corrected chi connectivity index (χ0v) is 40.8. The Bertz CT molecular complexity index is 4070. The molecule has 2 unspecified atom stereocenters. The molecule has 11 aromatic rings. The molecule has 0 radical (unpaired) electrons. The number of hydrogen-bond acceptors (Lipinski definition) is 5. The second kappa shape index (κ2) is 14.6. The van der Waals surface area contributed by atoms with E-state index >= 15 is 0 Å². The van der Waals surface area contributed by atoms with Crippen molar-refractivity contribution >= 4 is 112 Å².